The Balaban J connectivity index is 2.63. The Labute approximate surface area is 102 Å². The molecule has 1 heteroatoms. The van der Waals surface area contributed by atoms with E-state index in [1.807, 2.05) is 0 Å². The van der Waals surface area contributed by atoms with E-state index in [1.165, 1.54) is 32.2 Å². The second kappa shape index (κ2) is 5.08. The fraction of sp³-hybridized carbons (Fsp3) is 1.00. The lowest BCUT2D eigenvalue weighted by Gasteiger charge is -2.44. The third kappa shape index (κ3) is 3.48. The van der Waals surface area contributed by atoms with E-state index in [9.17, 15) is 0 Å². The van der Waals surface area contributed by atoms with Crippen molar-refractivity contribution >= 4 is 0 Å². The molecular weight excluding hydrogens is 194 g/mol. The fourth-order valence-electron chi connectivity index (χ4n) is 3.14. The topological polar surface area (TPSA) is 12.0 Å². The molecule has 2 atom stereocenters. The van der Waals surface area contributed by atoms with E-state index in [0.717, 1.165) is 5.92 Å². The molecule has 0 amide bonds. The molecule has 0 saturated carbocycles. The number of hydrogen-bond acceptors (Lipinski definition) is 1. The summed E-state index contributed by atoms with van der Waals surface area (Å²) in [5.74, 6) is 0.901. The van der Waals surface area contributed by atoms with Crippen LogP contribution in [0.25, 0.3) is 0 Å². The van der Waals surface area contributed by atoms with Gasteiger partial charge in [0.25, 0.3) is 0 Å². The van der Waals surface area contributed by atoms with E-state index in [1.54, 1.807) is 0 Å². The van der Waals surface area contributed by atoms with Crippen LogP contribution in [0, 0.1) is 16.7 Å². The Bertz CT molecular complexity index is 212. The molecule has 1 heterocycles. The molecule has 0 aromatic heterocycles. The quantitative estimate of drug-likeness (QED) is 0.758. The lowest BCUT2D eigenvalue weighted by Crippen LogP contribution is -2.48. The molecule has 1 aliphatic rings. The lowest BCUT2D eigenvalue weighted by molar-refractivity contribution is 0.0943. The standard InChI is InChI=1S/C15H31N/c1-7-9-15(5,6)12-8-10-16-13(11-12)14(2,3)4/h12-13,16H,7-11H2,1-6H3. The lowest BCUT2D eigenvalue weighted by atomic mass is 9.67. The van der Waals surface area contributed by atoms with Gasteiger partial charge >= 0.3 is 0 Å². The monoisotopic (exact) mass is 225 g/mol. The predicted octanol–water partition coefficient (Wildman–Crippen LogP) is 4.23. The molecule has 0 aromatic carbocycles. The van der Waals surface area contributed by atoms with Gasteiger partial charge < -0.3 is 5.32 Å². The third-order valence-corrected chi connectivity index (χ3v) is 4.45. The first-order valence-electron chi connectivity index (χ1n) is 7.00. The van der Waals surface area contributed by atoms with Gasteiger partial charge in [0.15, 0.2) is 0 Å². The molecule has 0 radical (unpaired) electrons. The highest BCUT2D eigenvalue weighted by atomic mass is 14.9. The maximum absolute atomic E-state index is 3.70. The molecule has 1 saturated heterocycles. The Morgan fingerprint density at radius 3 is 2.25 bits per heavy atom. The summed E-state index contributed by atoms with van der Waals surface area (Å²) in [7, 11) is 0. The molecule has 1 rings (SSSR count). The zero-order valence-electron chi connectivity index (χ0n) is 12.2. The van der Waals surface area contributed by atoms with Gasteiger partial charge in [-0.2, -0.15) is 0 Å². The van der Waals surface area contributed by atoms with Crippen LogP contribution in [-0.4, -0.2) is 12.6 Å². The van der Waals surface area contributed by atoms with Crippen molar-refractivity contribution in [3.8, 4) is 0 Å². The van der Waals surface area contributed by atoms with Crippen LogP contribution in [0.15, 0.2) is 0 Å². The maximum atomic E-state index is 3.70. The van der Waals surface area contributed by atoms with E-state index in [4.69, 9.17) is 0 Å². The van der Waals surface area contributed by atoms with E-state index >= 15 is 0 Å². The highest BCUT2D eigenvalue weighted by Gasteiger charge is 2.36. The molecule has 1 fully saturated rings. The molecule has 16 heavy (non-hydrogen) atoms. The molecule has 1 N–H and O–H groups in total. The maximum Gasteiger partial charge on any atom is 0.0118 e. The molecule has 2 unspecified atom stereocenters. The Morgan fingerprint density at radius 2 is 1.75 bits per heavy atom. The minimum atomic E-state index is 0.404. The van der Waals surface area contributed by atoms with Gasteiger partial charge in [0.05, 0.1) is 0 Å². The summed E-state index contributed by atoms with van der Waals surface area (Å²) in [6.45, 7) is 15.5. The van der Waals surface area contributed by atoms with Crippen LogP contribution in [-0.2, 0) is 0 Å². The smallest absolute Gasteiger partial charge is 0.0118 e. The van der Waals surface area contributed by atoms with Crippen molar-refractivity contribution in [2.45, 2.75) is 73.3 Å². The summed E-state index contributed by atoms with van der Waals surface area (Å²) < 4.78 is 0. The Morgan fingerprint density at radius 1 is 1.12 bits per heavy atom. The van der Waals surface area contributed by atoms with Crippen LogP contribution in [0.4, 0.5) is 0 Å². The summed E-state index contributed by atoms with van der Waals surface area (Å²) in [6, 6.07) is 0.697. The minimum absolute atomic E-state index is 0.404. The molecule has 0 spiro atoms. The minimum Gasteiger partial charge on any atom is -0.313 e. The van der Waals surface area contributed by atoms with Gasteiger partial charge in [-0.1, -0.05) is 48.0 Å². The van der Waals surface area contributed by atoms with Crippen molar-refractivity contribution in [2.75, 3.05) is 6.54 Å². The van der Waals surface area contributed by atoms with Crippen molar-refractivity contribution in [3.63, 3.8) is 0 Å². The van der Waals surface area contributed by atoms with Gasteiger partial charge in [-0.3, -0.25) is 0 Å². The highest BCUT2D eigenvalue weighted by Crippen LogP contribution is 2.41. The average Bonchev–Trinajstić information content (AvgIpc) is 2.16. The zero-order chi connectivity index (χ0) is 12.4. The largest absolute Gasteiger partial charge is 0.313 e. The van der Waals surface area contributed by atoms with Gasteiger partial charge in [0.2, 0.25) is 0 Å². The van der Waals surface area contributed by atoms with Crippen molar-refractivity contribution in [3.05, 3.63) is 0 Å². The first-order valence-corrected chi connectivity index (χ1v) is 7.00. The summed E-state index contributed by atoms with van der Waals surface area (Å²) in [5, 5.41) is 3.70. The molecule has 1 aliphatic heterocycles. The number of nitrogens with one attached hydrogen (secondary N) is 1. The zero-order valence-corrected chi connectivity index (χ0v) is 12.2. The molecule has 0 aromatic rings. The van der Waals surface area contributed by atoms with Gasteiger partial charge in [-0.05, 0) is 42.6 Å². The van der Waals surface area contributed by atoms with Crippen LogP contribution < -0.4 is 5.32 Å². The molecule has 0 bridgehead atoms. The normalized spacial score (nSPS) is 28.1. The van der Waals surface area contributed by atoms with Crippen LogP contribution in [0.1, 0.15) is 67.2 Å². The predicted molar refractivity (Wildman–Crippen MR) is 72.7 cm³/mol. The fourth-order valence-corrected chi connectivity index (χ4v) is 3.14. The number of hydrogen-bond donors (Lipinski definition) is 1. The summed E-state index contributed by atoms with van der Waals surface area (Å²) in [6.07, 6.45) is 5.40. The van der Waals surface area contributed by atoms with Crippen LogP contribution in [0.5, 0.6) is 0 Å². The van der Waals surface area contributed by atoms with Gasteiger partial charge in [-0.15, -0.1) is 0 Å². The van der Waals surface area contributed by atoms with Crippen molar-refractivity contribution in [1.29, 1.82) is 0 Å². The van der Waals surface area contributed by atoms with Crippen LogP contribution in [0.3, 0.4) is 0 Å². The van der Waals surface area contributed by atoms with Gasteiger partial charge in [-0.25, -0.2) is 0 Å². The first-order chi connectivity index (χ1) is 7.27. The second-order valence-corrected chi connectivity index (χ2v) is 7.33. The van der Waals surface area contributed by atoms with Crippen LogP contribution in [0.2, 0.25) is 0 Å². The average molecular weight is 225 g/mol. The summed E-state index contributed by atoms with van der Waals surface area (Å²) in [4.78, 5) is 0. The molecule has 96 valence electrons. The second-order valence-electron chi connectivity index (χ2n) is 7.33. The van der Waals surface area contributed by atoms with Crippen molar-refractivity contribution < 1.29 is 0 Å². The third-order valence-electron chi connectivity index (χ3n) is 4.45. The van der Waals surface area contributed by atoms with E-state index in [-0.39, 0.29) is 0 Å². The molecule has 0 aliphatic carbocycles. The van der Waals surface area contributed by atoms with Crippen molar-refractivity contribution in [2.24, 2.45) is 16.7 Å². The Kier molecular flexibility index (Phi) is 4.45. The van der Waals surface area contributed by atoms with Crippen molar-refractivity contribution in [1.82, 2.24) is 5.32 Å². The van der Waals surface area contributed by atoms with E-state index in [0.29, 0.717) is 16.9 Å². The van der Waals surface area contributed by atoms with E-state index in [2.05, 4.69) is 46.9 Å². The van der Waals surface area contributed by atoms with Crippen LogP contribution >= 0.6 is 0 Å². The summed E-state index contributed by atoms with van der Waals surface area (Å²) >= 11 is 0. The SMILES string of the molecule is CCCC(C)(C)C1CCNC(C(C)(C)C)C1. The molecular formula is C15H31N. The first kappa shape index (κ1) is 14.0. The Hall–Kier alpha value is -0.0400. The van der Waals surface area contributed by atoms with Gasteiger partial charge in [0.1, 0.15) is 0 Å². The highest BCUT2D eigenvalue weighted by molar-refractivity contribution is 4.91. The summed E-state index contributed by atoms with van der Waals surface area (Å²) in [5.41, 5.74) is 0.932. The molecule has 1 nitrogen and oxygen atoms in total. The van der Waals surface area contributed by atoms with Gasteiger partial charge in [0, 0.05) is 6.04 Å². The van der Waals surface area contributed by atoms with E-state index < -0.39 is 0 Å². The number of piperidine rings is 1. The number of rotatable bonds is 3.